The second-order valence-corrected chi connectivity index (χ2v) is 3.06. The molecule has 0 bridgehead atoms. The molecule has 0 aromatic rings. The van der Waals surface area contributed by atoms with Gasteiger partial charge in [-0.1, -0.05) is 0 Å². The van der Waals surface area contributed by atoms with Crippen molar-refractivity contribution in [1.29, 1.82) is 0 Å². The van der Waals surface area contributed by atoms with Gasteiger partial charge in [0.1, 0.15) is 6.23 Å². The molecular formula is C9H16N2O3. The number of hydrogen-bond donors (Lipinski definition) is 2. The van der Waals surface area contributed by atoms with Gasteiger partial charge in [-0.25, -0.2) is 4.79 Å². The topological polar surface area (TPSA) is 59.6 Å². The van der Waals surface area contributed by atoms with E-state index < -0.39 is 0 Å². The first-order chi connectivity index (χ1) is 6.72. The summed E-state index contributed by atoms with van der Waals surface area (Å²) in [6.45, 7) is 4.10. The van der Waals surface area contributed by atoms with E-state index >= 15 is 0 Å². The van der Waals surface area contributed by atoms with E-state index in [1.807, 2.05) is 0 Å². The smallest absolute Gasteiger partial charge is 0.332 e. The van der Waals surface area contributed by atoms with Gasteiger partial charge >= 0.3 is 5.97 Å². The summed E-state index contributed by atoms with van der Waals surface area (Å²) in [6, 6.07) is 0. The molecule has 1 aliphatic heterocycles. The minimum absolute atomic E-state index is 0.0651. The molecule has 0 saturated carbocycles. The van der Waals surface area contributed by atoms with Crippen LogP contribution in [0.15, 0.2) is 11.8 Å². The van der Waals surface area contributed by atoms with Crippen LogP contribution in [0.25, 0.3) is 0 Å². The molecule has 1 fully saturated rings. The third kappa shape index (κ3) is 3.76. The van der Waals surface area contributed by atoms with Gasteiger partial charge in [0.05, 0.1) is 13.7 Å². The van der Waals surface area contributed by atoms with E-state index in [-0.39, 0.29) is 12.2 Å². The second kappa shape index (κ2) is 5.62. The number of esters is 1. The van der Waals surface area contributed by atoms with E-state index in [1.54, 1.807) is 6.92 Å². The van der Waals surface area contributed by atoms with Gasteiger partial charge in [0.15, 0.2) is 0 Å². The number of carbonyl (C=O) groups is 1. The van der Waals surface area contributed by atoms with Crippen molar-refractivity contribution < 1.29 is 14.3 Å². The van der Waals surface area contributed by atoms with Crippen LogP contribution in [0.4, 0.5) is 0 Å². The number of morpholine rings is 1. The summed E-state index contributed by atoms with van der Waals surface area (Å²) >= 11 is 0. The second-order valence-electron chi connectivity index (χ2n) is 3.06. The molecule has 0 radical (unpaired) electrons. The number of carbonyl (C=O) groups excluding carboxylic acids is 1. The van der Waals surface area contributed by atoms with Crippen LogP contribution in [0, 0.1) is 0 Å². The van der Waals surface area contributed by atoms with Crippen LogP contribution in [-0.4, -0.2) is 39.0 Å². The minimum atomic E-state index is -0.362. The van der Waals surface area contributed by atoms with Crippen molar-refractivity contribution in [2.45, 2.75) is 13.2 Å². The summed E-state index contributed by atoms with van der Waals surface area (Å²) in [5.74, 6) is -0.362. The first-order valence-corrected chi connectivity index (χ1v) is 4.57. The molecule has 1 saturated heterocycles. The first kappa shape index (κ1) is 11.0. The Morgan fingerprint density at radius 3 is 3.07 bits per heavy atom. The number of nitrogens with one attached hydrogen (secondary N) is 2. The molecule has 2 N–H and O–H groups in total. The fraction of sp³-hybridized carbons (Fsp3) is 0.667. The highest BCUT2D eigenvalue weighted by molar-refractivity contribution is 5.82. The predicted octanol–water partition coefficient (Wildman–Crippen LogP) is -0.401. The van der Waals surface area contributed by atoms with Crippen LogP contribution in [0.3, 0.4) is 0 Å². The zero-order valence-corrected chi connectivity index (χ0v) is 8.50. The molecule has 1 rings (SSSR count). The van der Waals surface area contributed by atoms with Crippen LogP contribution in [0.1, 0.15) is 6.92 Å². The van der Waals surface area contributed by atoms with Crippen molar-refractivity contribution in [3.05, 3.63) is 11.8 Å². The number of methoxy groups -OCH3 is 1. The van der Waals surface area contributed by atoms with Gasteiger partial charge in [-0.2, -0.15) is 0 Å². The molecule has 5 nitrogen and oxygen atoms in total. The maximum absolute atomic E-state index is 10.9. The van der Waals surface area contributed by atoms with E-state index in [0.29, 0.717) is 6.61 Å². The average molecular weight is 200 g/mol. The Bertz CT molecular complexity index is 222. The summed E-state index contributed by atoms with van der Waals surface area (Å²) in [5.41, 5.74) is 0.741. The number of ether oxygens (including phenoxy) is 2. The molecule has 1 atom stereocenters. The van der Waals surface area contributed by atoms with Crippen molar-refractivity contribution in [2.75, 3.05) is 26.8 Å². The maximum atomic E-state index is 10.9. The highest BCUT2D eigenvalue weighted by Gasteiger charge is 2.12. The molecule has 80 valence electrons. The van der Waals surface area contributed by atoms with Gasteiger partial charge in [-0.05, 0) is 6.92 Å². The quantitative estimate of drug-likeness (QED) is 0.479. The SMILES string of the molecule is COC(=O)/C=C(/C)NC1CNCCO1. The zero-order chi connectivity index (χ0) is 10.4. The van der Waals surface area contributed by atoms with E-state index in [4.69, 9.17) is 4.74 Å². The molecule has 0 aliphatic carbocycles. The van der Waals surface area contributed by atoms with Crippen LogP contribution in [0.2, 0.25) is 0 Å². The van der Waals surface area contributed by atoms with Crippen molar-refractivity contribution >= 4 is 5.97 Å². The molecule has 1 aliphatic rings. The molecular weight excluding hydrogens is 184 g/mol. The Balaban J connectivity index is 2.34. The standard InChI is InChI=1S/C9H16N2O3/c1-7(5-9(12)13-2)11-8-6-10-3-4-14-8/h5,8,10-11H,3-4,6H2,1-2H3/b7-5-. The monoisotopic (exact) mass is 200 g/mol. The number of hydrogen-bond acceptors (Lipinski definition) is 5. The minimum Gasteiger partial charge on any atom is -0.466 e. The molecule has 1 unspecified atom stereocenters. The molecule has 0 aromatic carbocycles. The molecule has 0 spiro atoms. The lowest BCUT2D eigenvalue weighted by molar-refractivity contribution is -0.134. The molecule has 5 heteroatoms. The molecule has 0 aromatic heterocycles. The van der Waals surface area contributed by atoms with Gasteiger partial charge in [0.25, 0.3) is 0 Å². The van der Waals surface area contributed by atoms with E-state index in [9.17, 15) is 4.79 Å². The zero-order valence-electron chi connectivity index (χ0n) is 8.50. The summed E-state index contributed by atoms with van der Waals surface area (Å²) in [7, 11) is 1.35. The molecule has 14 heavy (non-hydrogen) atoms. The van der Waals surface area contributed by atoms with Crippen molar-refractivity contribution in [3.8, 4) is 0 Å². The third-order valence-corrected chi connectivity index (χ3v) is 1.85. The molecule has 0 amide bonds. The van der Waals surface area contributed by atoms with Gasteiger partial charge < -0.3 is 20.1 Å². The van der Waals surface area contributed by atoms with Crippen LogP contribution >= 0.6 is 0 Å². The van der Waals surface area contributed by atoms with Gasteiger partial charge in [0.2, 0.25) is 0 Å². The van der Waals surface area contributed by atoms with Crippen LogP contribution in [-0.2, 0) is 14.3 Å². The number of rotatable bonds is 3. The Hall–Kier alpha value is -1.07. The van der Waals surface area contributed by atoms with Gasteiger partial charge in [-0.15, -0.1) is 0 Å². The summed E-state index contributed by atoms with van der Waals surface area (Å²) in [5, 5.41) is 6.24. The highest BCUT2D eigenvalue weighted by Crippen LogP contribution is 1.96. The van der Waals surface area contributed by atoms with Crippen LogP contribution in [0.5, 0.6) is 0 Å². The normalized spacial score (nSPS) is 23.0. The number of allylic oxidation sites excluding steroid dienone is 1. The fourth-order valence-corrected chi connectivity index (χ4v) is 1.19. The Morgan fingerprint density at radius 2 is 2.50 bits per heavy atom. The highest BCUT2D eigenvalue weighted by atomic mass is 16.5. The van der Waals surface area contributed by atoms with Crippen molar-refractivity contribution in [1.82, 2.24) is 10.6 Å². The summed E-state index contributed by atoms with van der Waals surface area (Å²) < 4.78 is 9.90. The van der Waals surface area contributed by atoms with E-state index in [2.05, 4.69) is 15.4 Å². The largest absolute Gasteiger partial charge is 0.466 e. The third-order valence-electron chi connectivity index (χ3n) is 1.85. The van der Waals surface area contributed by atoms with E-state index in [0.717, 1.165) is 18.8 Å². The summed E-state index contributed by atoms with van der Waals surface area (Å²) in [6.07, 6.45) is 1.34. The Kier molecular flexibility index (Phi) is 4.42. The lowest BCUT2D eigenvalue weighted by atomic mass is 10.4. The van der Waals surface area contributed by atoms with Crippen LogP contribution < -0.4 is 10.6 Å². The average Bonchev–Trinajstić information content (AvgIpc) is 2.19. The predicted molar refractivity (Wildman–Crippen MR) is 51.5 cm³/mol. The Labute approximate surface area is 83.5 Å². The van der Waals surface area contributed by atoms with Crippen molar-refractivity contribution in [2.24, 2.45) is 0 Å². The van der Waals surface area contributed by atoms with Crippen molar-refractivity contribution in [3.63, 3.8) is 0 Å². The lowest BCUT2D eigenvalue weighted by Gasteiger charge is -2.25. The first-order valence-electron chi connectivity index (χ1n) is 4.57. The molecule has 1 heterocycles. The van der Waals surface area contributed by atoms with E-state index in [1.165, 1.54) is 13.2 Å². The van der Waals surface area contributed by atoms with Gasteiger partial charge in [-0.3, -0.25) is 0 Å². The fourth-order valence-electron chi connectivity index (χ4n) is 1.19. The Morgan fingerprint density at radius 1 is 1.71 bits per heavy atom. The lowest BCUT2D eigenvalue weighted by Crippen LogP contribution is -2.46. The maximum Gasteiger partial charge on any atom is 0.332 e. The summed E-state index contributed by atoms with van der Waals surface area (Å²) in [4.78, 5) is 10.9. The van der Waals surface area contributed by atoms with Gasteiger partial charge in [0, 0.05) is 24.9 Å².